The van der Waals surface area contributed by atoms with Crippen LogP contribution in [0.4, 0.5) is 5.69 Å². The van der Waals surface area contributed by atoms with Crippen LogP contribution in [-0.4, -0.2) is 6.08 Å². The molecule has 0 aliphatic heterocycles. The van der Waals surface area contributed by atoms with E-state index in [9.17, 15) is 4.79 Å². The lowest BCUT2D eigenvalue weighted by atomic mass is 10.2. The third kappa shape index (κ3) is 2.19. The van der Waals surface area contributed by atoms with Gasteiger partial charge in [-0.25, -0.2) is 9.79 Å². The minimum atomic E-state index is 0.334. The quantitative estimate of drug-likeness (QED) is 0.476. The van der Waals surface area contributed by atoms with E-state index in [2.05, 4.69) is 20.9 Å². The zero-order valence-corrected chi connectivity index (χ0v) is 7.84. The van der Waals surface area contributed by atoms with Crippen LogP contribution in [0.25, 0.3) is 0 Å². The van der Waals surface area contributed by atoms with Crippen LogP contribution in [0.5, 0.6) is 0 Å². The fraction of sp³-hybridized carbons (Fsp3) is 0.125. The Balaban J connectivity index is 2.89. The van der Waals surface area contributed by atoms with Gasteiger partial charge in [-0.2, -0.15) is 0 Å². The summed E-state index contributed by atoms with van der Waals surface area (Å²) in [5.74, 6) is 0. The number of rotatable bonds is 2. The number of hydrogen-bond donors (Lipinski definition) is 1. The highest BCUT2D eigenvalue weighted by Gasteiger charge is 1.96. The molecule has 0 aromatic heterocycles. The van der Waals surface area contributed by atoms with Gasteiger partial charge in [-0.3, -0.25) is 0 Å². The molecule has 4 heteroatoms. The molecule has 0 heterocycles. The van der Waals surface area contributed by atoms with Gasteiger partial charge in [0, 0.05) is 10.2 Å². The zero-order valence-electron chi connectivity index (χ0n) is 6.25. The van der Waals surface area contributed by atoms with Gasteiger partial charge in [0.25, 0.3) is 0 Å². The number of hydrogen-bond acceptors (Lipinski definition) is 3. The van der Waals surface area contributed by atoms with Crippen LogP contribution in [0.1, 0.15) is 5.56 Å². The van der Waals surface area contributed by atoms with Crippen molar-refractivity contribution in [1.29, 1.82) is 0 Å². The number of isocyanates is 1. The maximum Gasteiger partial charge on any atom is 0.235 e. The number of nitrogens with zero attached hydrogens (tertiary/aromatic N) is 1. The van der Waals surface area contributed by atoms with E-state index in [1.807, 2.05) is 12.1 Å². The van der Waals surface area contributed by atoms with Crippen LogP contribution in [0.15, 0.2) is 27.7 Å². The van der Waals surface area contributed by atoms with Gasteiger partial charge >= 0.3 is 0 Å². The standard InChI is InChI=1S/C8H7BrN2O/c9-7-2-1-6(3-8(7)10)4-11-5-12/h1-3H,4,10H2. The van der Waals surface area contributed by atoms with E-state index in [0.717, 1.165) is 10.0 Å². The molecule has 0 aliphatic carbocycles. The second-order valence-corrected chi connectivity index (χ2v) is 3.12. The summed E-state index contributed by atoms with van der Waals surface area (Å²) in [6.45, 7) is 0.334. The molecule has 0 bridgehead atoms. The topological polar surface area (TPSA) is 55.4 Å². The van der Waals surface area contributed by atoms with Gasteiger partial charge in [-0.05, 0) is 33.6 Å². The van der Waals surface area contributed by atoms with Crippen molar-refractivity contribution in [2.45, 2.75) is 6.54 Å². The van der Waals surface area contributed by atoms with E-state index in [4.69, 9.17) is 5.73 Å². The lowest BCUT2D eigenvalue weighted by Crippen LogP contribution is -1.89. The highest BCUT2D eigenvalue weighted by molar-refractivity contribution is 9.10. The van der Waals surface area contributed by atoms with Gasteiger partial charge in [0.2, 0.25) is 6.08 Å². The van der Waals surface area contributed by atoms with Crippen LogP contribution in [0, 0.1) is 0 Å². The summed E-state index contributed by atoms with van der Waals surface area (Å²) in [6.07, 6.45) is 1.47. The van der Waals surface area contributed by atoms with Crippen LogP contribution < -0.4 is 5.73 Å². The SMILES string of the molecule is Nc1cc(CN=C=O)ccc1Br. The van der Waals surface area contributed by atoms with Gasteiger partial charge in [-0.1, -0.05) is 6.07 Å². The second-order valence-electron chi connectivity index (χ2n) is 2.26. The van der Waals surface area contributed by atoms with Crippen molar-refractivity contribution in [3.05, 3.63) is 28.2 Å². The van der Waals surface area contributed by atoms with Gasteiger partial charge in [-0.15, -0.1) is 0 Å². The fourth-order valence-electron chi connectivity index (χ4n) is 0.815. The number of halogens is 1. The predicted molar refractivity (Wildman–Crippen MR) is 50.4 cm³/mol. The molecule has 0 fully saturated rings. The van der Waals surface area contributed by atoms with Crippen molar-refractivity contribution in [3.8, 4) is 0 Å². The normalized spacial score (nSPS) is 9.08. The molecule has 0 radical (unpaired) electrons. The number of benzene rings is 1. The number of anilines is 1. The molecule has 2 N–H and O–H groups in total. The number of aliphatic imine (C=N–C) groups is 1. The Morgan fingerprint density at radius 1 is 1.58 bits per heavy atom. The molecule has 0 saturated heterocycles. The molecule has 1 aromatic rings. The average molecular weight is 227 g/mol. The number of nitrogen functional groups attached to an aromatic ring is 1. The van der Waals surface area contributed by atoms with Gasteiger partial charge < -0.3 is 5.73 Å². The third-order valence-corrected chi connectivity index (χ3v) is 2.11. The summed E-state index contributed by atoms with van der Waals surface area (Å²) in [5.41, 5.74) is 7.15. The van der Waals surface area contributed by atoms with Crippen LogP contribution >= 0.6 is 15.9 Å². The average Bonchev–Trinajstić information content (AvgIpc) is 2.07. The van der Waals surface area contributed by atoms with Crippen molar-refractivity contribution in [2.75, 3.05) is 5.73 Å². The molecule has 1 aromatic carbocycles. The largest absolute Gasteiger partial charge is 0.398 e. The fourth-order valence-corrected chi connectivity index (χ4v) is 1.06. The molecule has 1 rings (SSSR count). The van der Waals surface area contributed by atoms with Crippen molar-refractivity contribution in [2.24, 2.45) is 4.99 Å². The third-order valence-electron chi connectivity index (χ3n) is 1.39. The summed E-state index contributed by atoms with van der Waals surface area (Å²) < 4.78 is 0.848. The van der Waals surface area contributed by atoms with Crippen molar-refractivity contribution >= 4 is 27.7 Å². The first-order valence-corrected chi connectivity index (χ1v) is 4.11. The molecule has 0 spiro atoms. The summed E-state index contributed by atoms with van der Waals surface area (Å²) in [4.78, 5) is 13.2. The first-order valence-electron chi connectivity index (χ1n) is 3.31. The van der Waals surface area contributed by atoms with E-state index in [-0.39, 0.29) is 0 Å². The van der Waals surface area contributed by atoms with E-state index in [0.29, 0.717) is 12.2 Å². The predicted octanol–water partition coefficient (Wildman–Crippen LogP) is 1.87. The highest BCUT2D eigenvalue weighted by Crippen LogP contribution is 2.20. The Bertz CT molecular complexity index is 332. The Labute approximate surface area is 78.4 Å². The lowest BCUT2D eigenvalue weighted by molar-refractivity contribution is 0.563. The second kappa shape index (κ2) is 4.04. The smallest absolute Gasteiger partial charge is 0.235 e. The van der Waals surface area contributed by atoms with Crippen LogP contribution in [-0.2, 0) is 11.3 Å². The summed E-state index contributed by atoms with van der Waals surface area (Å²) in [7, 11) is 0. The minimum absolute atomic E-state index is 0.334. The molecular formula is C8H7BrN2O. The highest BCUT2D eigenvalue weighted by atomic mass is 79.9. The van der Waals surface area contributed by atoms with E-state index in [1.54, 1.807) is 6.07 Å². The van der Waals surface area contributed by atoms with Gasteiger partial charge in [0.15, 0.2) is 0 Å². The first kappa shape index (κ1) is 8.97. The lowest BCUT2D eigenvalue weighted by Gasteiger charge is -1.99. The molecule has 0 unspecified atom stereocenters. The molecule has 0 atom stereocenters. The Hall–Kier alpha value is -1.12. The Morgan fingerprint density at radius 2 is 2.33 bits per heavy atom. The van der Waals surface area contributed by atoms with E-state index < -0.39 is 0 Å². The summed E-state index contributed by atoms with van der Waals surface area (Å²) >= 11 is 3.26. The van der Waals surface area contributed by atoms with E-state index in [1.165, 1.54) is 6.08 Å². The molecule has 0 aliphatic rings. The number of carbonyl (C=O) groups excluding carboxylic acids is 1. The van der Waals surface area contributed by atoms with Crippen molar-refractivity contribution < 1.29 is 4.79 Å². The summed E-state index contributed by atoms with van der Waals surface area (Å²) in [6, 6.07) is 5.44. The summed E-state index contributed by atoms with van der Waals surface area (Å²) in [5, 5.41) is 0. The van der Waals surface area contributed by atoms with Crippen molar-refractivity contribution in [3.63, 3.8) is 0 Å². The van der Waals surface area contributed by atoms with Gasteiger partial charge in [0.05, 0.1) is 6.54 Å². The zero-order chi connectivity index (χ0) is 8.97. The number of nitrogens with two attached hydrogens (primary N) is 1. The Kier molecular flexibility index (Phi) is 3.02. The van der Waals surface area contributed by atoms with Gasteiger partial charge in [0.1, 0.15) is 0 Å². The maximum atomic E-state index is 9.80. The Morgan fingerprint density at radius 3 is 2.92 bits per heavy atom. The monoisotopic (exact) mass is 226 g/mol. The van der Waals surface area contributed by atoms with E-state index >= 15 is 0 Å². The maximum absolute atomic E-state index is 9.80. The first-order chi connectivity index (χ1) is 5.74. The molecule has 12 heavy (non-hydrogen) atoms. The van der Waals surface area contributed by atoms with Crippen molar-refractivity contribution in [1.82, 2.24) is 0 Å². The van der Waals surface area contributed by atoms with Crippen LogP contribution in [0.2, 0.25) is 0 Å². The molecular weight excluding hydrogens is 220 g/mol. The molecule has 3 nitrogen and oxygen atoms in total. The minimum Gasteiger partial charge on any atom is -0.398 e. The molecule has 62 valence electrons. The molecule has 0 amide bonds. The van der Waals surface area contributed by atoms with Crippen LogP contribution in [0.3, 0.4) is 0 Å². The molecule has 0 saturated carbocycles.